The van der Waals surface area contributed by atoms with Crippen molar-refractivity contribution in [1.29, 1.82) is 0 Å². The highest BCUT2D eigenvalue weighted by atomic mass is 16.1. The van der Waals surface area contributed by atoms with Crippen molar-refractivity contribution in [3.05, 3.63) is 35.5 Å². The Hall–Kier alpha value is -1.88. The highest BCUT2D eigenvalue weighted by Gasteiger charge is 2.11. The van der Waals surface area contributed by atoms with Crippen LogP contribution in [0.5, 0.6) is 0 Å². The molecule has 5 nitrogen and oxygen atoms in total. The van der Waals surface area contributed by atoms with Crippen molar-refractivity contribution < 1.29 is 4.79 Å². The minimum absolute atomic E-state index is 0.434. The van der Waals surface area contributed by atoms with Crippen LogP contribution in [0, 0.1) is 6.92 Å². The number of nitrogens with zero attached hydrogens (tertiary/aromatic N) is 1. The molecular weight excluding hydrogens is 204 g/mol. The van der Waals surface area contributed by atoms with Crippen LogP contribution in [0.1, 0.15) is 15.9 Å². The predicted molar refractivity (Wildman–Crippen MR) is 64.2 cm³/mol. The Bertz CT molecular complexity index is 401. The number of nitrogens with one attached hydrogen (secondary N) is 1. The number of nitrogens with two attached hydrogens (primary N) is 2. The van der Waals surface area contributed by atoms with Gasteiger partial charge in [-0.2, -0.15) is 0 Å². The summed E-state index contributed by atoms with van der Waals surface area (Å²) >= 11 is 0. The highest BCUT2D eigenvalue weighted by molar-refractivity contribution is 5.98. The zero-order valence-corrected chi connectivity index (χ0v) is 9.23. The summed E-state index contributed by atoms with van der Waals surface area (Å²) in [6.45, 7) is 2.88. The minimum atomic E-state index is -0.476. The van der Waals surface area contributed by atoms with E-state index < -0.39 is 5.91 Å². The fourth-order valence-corrected chi connectivity index (χ4v) is 1.34. The number of anilines is 1. The van der Waals surface area contributed by atoms with Gasteiger partial charge in [-0.1, -0.05) is 12.2 Å². The molecule has 86 valence electrons. The van der Waals surface area contributed by atoms with Crippen molar-refractivity contribution in [2.24, 2.45) is 11.5 Å². The van der Waals surface area contributed by atoms with Crippen molar-refractivity contribution in [2.75, 3.05) is 18.4 Å². The standard InChI is InChI=1S/C11H16N4O/c1-8-4-7-15-11(9(8)10(13)16)14-6-3-2-5-12/h2-4,7H,5-6,12H2,1H3,(H2,13,16)(H,14,15)/b3-2+. The Morgan fingerprint density at radius 3 is 2.94 bits per heavy atom. The van der Waals surface area contributed by atoms with Gasteiger partial charge in [0.05, 0.1) is 5.56 Å². The summed E-state index contributed by atoms with van der Waals surface area (Å²) in [5.74, 6) is 0.0325. The molecule has 0 saturated heterocycles. The first kappa shape index (κ1) is 12.2. The summed E-state index contributed by atoms with van der Waals surface area (Å²) in [5, 5.41) is 3.02. The summed E-state index contributed by atoms with van der Waals surface area (Å²) in [7, 11) is 0. The normalized spacial score (nSPS) is 10.6. The summed E-state index contributed by atoms with van der Waals surface area (Å²) in [6, 6.07) is 1.75. The third-order valence-corrected chi connectivity index (χ3v) is 2.10. The van der Waals surface area contributed by atoms with E-state index >= 15 is 0 Å². The van der Waals surface area contributed by atoms with Gasteiger partial charge in [0.1, 0.15) is 5.82 Å². The summed E-state index contributed by atoms with van der Waals surface area (Å²) in [5.41, 5.74) is 11.8. The van der Waals surface area contributed by atoms with E-state index in [9.17, 15) is 4.79 Å². The van der Waals surface area contributed by atoms with Crippen molar-refractivity contribution in [1.82, 2.24) is 4.98 Å². The number of primary amides is 1. The van der Waals surface area contributed by atoms with Crippen LogP contribution in [-0.2, 0) is 0 Å². The monoisotopic (exact) mass is 220 g/mol. The molecule has 1 rings (SSSR count). The number of aryl methyl sites for hydroxylation is 1. The molecule has 1 aromatic rings. The smallest absolute Gasteiger partial charge is 0.252 e. The molecule has 0 radical (unpaired) electrons. The fraction of sp³-hybridized carbons (Fsp3) is 0.273. The molecule has 0 saturated carbocycles. The Kier molecular flexibility index (Phi) is 4.47. The third kappa shape index (κ3) is 3.06. The van der Waals surface area contributed by atoms with Crippen LogP contribution in [0.4, 0.5) is 5.82 Å². The summed E-state index contributed by atoms with van der Waals surface area (Å²) < 4.78 is 0. The first-order valence-corrected chi connectivity index (χ1v) is 5.01. The number of hydrogen-bond donors (Lipinski definition) is 3. The average molecular weight is 220 g/mol. The molecule has 0 aliphatic carbocycles. The summed E-state index contributed by atoms with van der Waals surface area (Å²) in [6.07, 6.45) is 5.33. The fourth-order valence-electron chi connectivity index (χ4n) is 1.34. The molecule has 0 aromatic carbocycles. The number of carbonyl (C=O) groups excluding carboxylic acids is 1. The van der Waals surface area contributed by atoms with Crippen molar-refractivity contribution in [3.8, 4) is 0 Å². The molecule has 0 spiro atoms. The Morgan fingerprint density at radius 2 is 2.31 bits per heavy atom. The molecule has 0 unspecified atom stereocenters. The maximum atomic E-state index is 11.2. The van der Waals surface area contributed by atoms with Gasteiger partial charge < -0.3 is 16.8 Å². The molecule has 1 heterocycles. The SMILES string of the molecule is Cc1ccnc(NC/C=C/CN)c1C(N)=O. The second kappa shape index (κ2) is 5.87. The van der Waals surface area contributed by atoms with E-state index in [1.54, 1.807) is 12.3 Å². The Balaban J connectivity index is 2.83. The van der Waals surface area contributed by atoms with Gasteiger partial charge in [0, 0.05) is 19.3 Å². The molecular formula is C11H16N4O. The molecule has 0 aliphatic heterocycles. The lowest BCUT2D eigenvalue weighted by Crippen LogP contribution is -2.17. The van der Waals surface area contributed by atoms with Crippen molar-refractivity contribution in [3.63, 3.8) is 0 Å². The number of carbonyl (C=O) groups is 1. The second-order valence-corrected chi connectivity index (χ2v) is 3.30. The first-order chi connectivity index (χ1) is 7.66. The van der Waals surface area contributed by atoms with Gasteiger partial charge in [0.2, 0.25) is 0 Å². The molecule has 16 heavy (non-hydrogen) atoms. The van der Waals surface area contributed by atoms with Crippen LogP contribution in [0.25, 0.3) is 0 Å². The first-order valence-electron chi connectivity index (χ1n) is 5.01. The second-order valence-electron chi connectivity index (χ2n) is 3.30. The predicted octanol–water partition coefficient (Wildman–Crippen LogP) is 0.416. The number of rotatable bonds is 5. The van der Waals surface area contributed by atoms with Gasteiger partial charge in [0.25, 0.3) is 5.91 Å². The number of hydrogen-bond acceptors (Lipinski definition) is 4. The molecule has 5 heteroatoms. The molecule has 5 N–H and O–H groups in total. The van der Waals surface area contributed by atoms with Crippen LogP contribution in [0.3, 0.4) is 0 Å². The van der Waals surface area contributed by atoms with Crippen molar-refractivity contribution in [2.45, 2.75) is 6.92 Å². The third-order valence-electron chi connectivity index (χ3n) is 2.10. The Morgan fingerprint density at radius 1 is 1.56 bits per heavy atom. The van der Waals surface area contributed by atoms with Crippen LogP contribution in [0.2, 0.25) is 0 Å². The van der Waals surface area contributed by atoms with E-state index in [-0.39, 0.29) is 0 Å². The van der Waals surface area contributed by atoms with Gasteiger partial charge in [-0.15, -0.1) is 0 Å². The van der Waals surface area contributed by atoms with Crippen molar-refractivity contribution >= 4 is 11.7 Å². The molecule has 0 fully saturated rings. The van der Waals surface area contributed by atoms with Gasteiger partial charge in [-0.25, -0.2) is 4.98 Å². The maximum Gasteiger partial charge on any atom is 0.252 e. The number of pyridine rings is 1. The zero-order chi connectivity index (χ0) is 12.0. The minimum Gasteiger partial charge on any atom is -0.366 e. The van der Waals surface area contributed by atoms with Crippen LogP contribution in [0.15, 0.2) is 24.4 Å². The van der Waals surface area contributed by atoms with E-state index in [4.69, 9.17) is 11.5 Å². The quantitative estimate of drug-likeness (QED) is 0.627. The lowest BCUT2D eigenvalue weighted by atomic mass is 10.1. The molecule has 1 aromatic heterocycles. The lowest BCUT2D eigenvalue weighted by Gasteiger charge is -2.09. The molecule has 0 bridgehead atoms. The molecule has 0 atom stereocenters. The summed E-state index contributed by atoms with van der Waals surface area (Å²) in [4.78, 5) is 15.3. The molecule has 0 aliphatic rings. The van der Waals surface area contributed by atoms with E-state index in [1.165, 1.54) is 0 Å². The van der Waals surface area contributed by atoms with Gasteiger partial charge in [-0.3, -0.25) is 4.79 Å². The lowest BCUT2D eigenvalue weighted by molar-refractivity contribution is 0.1000. The van der Waals surface area contributed by atoms with Gasteiger partial charge >= 0.3 is 0 Å². The average Bonchev–Trinajstić information content (AvgIpc) is 2.24. The highest BCUT2D eigenvalue weighted by Crippen LogP contribution is 2.15. The number of amides is 1. The molecule has 1 amide bonds. The number of aromatic nitrogens is 1. The van der Waals surface area contributed by atoms with Crippen LogP contribution < -0.4 is 16.8 Å². The van der Waals surface area contributed by atoms with Gasteiger partial charge in [0.15, 0.2) is 0 Å². The van der Waals surface area contributed by atoms with E-state index in [0.717, 1.165) is 5.56 Å². The van der Waals surface area contributed by atoms with Crippen LogP contribution in [-0.4, -0.2) is 24.0 Å². The topological polar surface area (TPSA) is 94.0 Å². The van der Waals surface area contributed by atoms with Gasteiger partial charge in [-0.05, 0) is 18.6 Å². The zero-order valence-electron chi connectivity index (χ0n) is 9.23. The van der Waals surface area contributed by atoms with E-state index in [0.29, 0.717) is 24.5 Å². The van der Waals surface area contributed by atoms with Crippen LogP contribution >= 0.6 is 0 Å². The largest absolute Gasteiger partial charge is 0.366 e. The van der Waals surface area contributed by atoms with E-state index in [1.807, 2.05) is 19.1 Å². The Labute approximate surface area is 94.5 Å². The maximum absolute atomic E-state index is 11.2. The van der Waals surface area contributed by atoms with E-state index in [2.05, 4.69) is 10.3 Å².